The van der Waals surface area contributed by atoms with Crippen LogP contribution in [-0.4, -0.2) is 24.4 Å². The summed E-state index contributed by atoms with van der Waals surface area (Å²) < 4.78 is 1.25. The Morgan fingerprint density at radius 2 is 2.20 bits per heavy atom. The van der Waals surface area contributed by atoms with E-state index >= 15 is 0 Å². The average molecular weight is 329 g/mol. The summed E-state index contributed by atoms with van der Waals surface area (Å²) in [5.74, 6) is 0. The van der Waals surface area contributed by atoms with Crippen LogP contribution in [0.15, 0.2) is 0 Å². The quantitative estimate of drug-likeness (QED) is 0.530. The van der Waals surface area contributed by atoms with E-state index < -0.39 is 0 Å². The van der Waals surface area contributed by atoms with Crippen LogP contribution in [0, 0.1) is 0 Å². The fourth-order valence-electron chi connectivity index (χ4n) is 0.782. The Labute approximate surface area is 78.9 Å². The molecule has 0 bridgehead atoms. The van der Waals surface area contributed by atoms with Crippen LogP contribution < -0.4 is 0 Å². The van der Waals surface area contributed by atoms with Crippen molar-refractivity contribution in [1.82, 2.24) is 4.90 Å². The first kappa shape index (κ1) is 10.4. The summed E-state index contributed by atoms with van der Waals surface area (Å²) in [6, 6.07) is 0. The number of rotatable bonds is 6. The number of unbranched alkanes of at least 4 members (excludes halogenated alkanes) is 1. The second-order valence-corrected chi connectivity index (χ2v) is 5.10. The van der Waals surface area contributed by atoms with Gasteiger partial charge in [0.25, 0.3) is 0 Å². The molecule has 0 fully saturated rings. The molecule has 10 heavy (non-hydrogen) atoms. The van der Waals surface area contributed by atoms with Gasteiger partial charge < -0.3 is 0 Å². The summed E-state index contributed by atoms with van der Waals surface area (Å²) in [5, 5.41) is 0. The van der Waals surface area contributed by atoms with Crippen LogP contribution in [0.5, 0.6) is 0 Å². The fourth-order valence-corrected chi connectivity index (χ4v) is 2.36. The van der Waals surface area contributed by atoms with E-state index in [-0.39, 0.29) is 0 Å². The number of carbonyl (C=O) groups excluding carboxylic acids is 1. The van der Waals surface area contributed by atoms with Crippen LogP contribution in [0.4, 0.5) is 0 Å². The molecule has 0 spiro atoms. The first-order valence-electron chi connectivity index (χ1n) is 3.83. The van der Waals surface area contributed by atoms with E-state index in [4.69, 9.17) is 0 Å². The summed E-state index contributed by atoms with van der Waals surface area (Å²) in [4.78, 5) is 12.2. The Balaban J connectivity index is 3.29. The predicted octanol–water partition coefficient (Wildman–Crippen LogP) is 1.21. The maximum absolute atomic E-state index is 10.3. The number of hydrogen-bond donors (Lipinski definition) is 0. The molecule has 0 radical (unpaired) electrons. The van der Waals surface area contributed by atoms with Gasteiger partial charge in [0, 0.05) is 0 Å². The average Bonchev–Trinajstić information content (AvgIpc) is 1.98. The van der Waals surface area contributed by atoms with Gasteiger partial charge in [-0.15, -0.1) is 0 Å². The molecule has 1 amide bonds. The third kappa shape index (κ3) is 5.21. The van der Waals surface area contributed by atoms with Gasteiger partial charge in [-0.25, -0.2) is 0 Å². The summed E-state index contributed by atoms with van der Waals surface area (Å²) >= 11 is 0.845. The molecule has 55 valence electrons. The molecule has 0 rings (SSSR count). The molecule has 0 aliphatic rings. The molecule has 0 aliphatic carbocycles. The molecule has 0 unspecified atom stereocenters. The summed E-state index contributed by atoms with van der Waals surface area (Å²) in [7, 11) is 0. The number of carbonyl (C=O) groups is 1. The van der Waals surface area contributed by atoms with E-state index in [0.717, 1.165) is 52.0 Å². The molecule has 3 heteroatoms. The summed E-state index contributed by atoms with van der Waals surface area (Å²) in [6.45, 7) is 4.09. The topological polar surface area (TPSA) is 20.3 Å². The van der Waals surface area contributed by atoms with Crippen LogP contribution in [0.2, 0.25) is 3.93 Å². The zero-order chi connectivity index (χ0) is 7.82. The standard InChI is InChI=1S/C7H14NO.Hg/c1-3-5-6-8(4-2)7-9;/h7H,2-6H2,1H3;. The Morgan fingerprint density at radius 1 is 1.50 bits per heavy atom. The molecule has 0 atom stereocenters. The van der Waals surface area contributed by atoms with Crippen LogP contribution in [0.1, 0.15) is 19.8 Å². The monoisotopic (exact) mass is 330 g/mol. The second-order valence-electron chi connectivity index (χ2n) is 2.35. The van der Waals surface area contributed by atoms with Gasteiger partial charge in [0.1, 0.15) is 0 Å². The molecular formula is C7H14HgNO. The van der Waals surface area contributed by atoms with Crippen molar-refractivity contribution >= 4 is 6.41 Å². The third-order valence-electron chi connectivity index (χ3n) is 1.39. The Morgan fingerprint density at radius 3 is 2.60 bits per heavy atom. The van der Waals surface area contributed by atoms with Gasteiger partial charge in [0.2, 0.25) is 0 Å². The summed E-state index contributed by atoms with van der Waals surface area (Å²) in [6.07, 6.45) is 3.30. The first-order valence-corrected chi connectivity index (χ1v) is 7.72. The van der Waals surface area contributed by atoms with Gasteiger partial charge in [-0.2, -0.15) is 0 Å². The molecule has 0 aromatic rings. The van der Waals surface area contributed by atoms with Gasteiger partial charge in [0.05, 0.1) is 0 Å². The first-order chi connectivity index (χ1) is 4.85. The van der Waals surface area contributed by atoms with Crippen LogP contribution in [0.25, 0.3) is 0 Å². The van der Waals surface area contributed by atoms with Gasteiger partial charge >= 0.3 is 79.0 Å². The molecule has 0 heterocycles. The number of hydrogen-bond acceptors (Lipinski definition) is 1. The van der Waals surface area contributed by atoms with Gasteiger partial charge in [-0.1, -0.05) is 0 Å². The Kier molecular flexibility index (Phi) is 7.82. The maximum atomic E-state index is 10.3. The van der Waals surface area contributed by atoms with E-state index in [1.165, 1.54) is 10.4 Å². The van der Waals surface area contributed by atoms with Crippen molar-refractivity contribution < 1.29 is 30.9 Å². The molecule has 0 saturated carbocycles. The normalized spacial score (nSPS) is 9.50. The van der Waals surface area contributed by atoms with Gasteiger partial charge in [-0.05, 0) is 0 Å². The molecule has 0 aromatic heterocycles. The van der Waals surface area contributed by atoms with Crippen molar-refractivity contribution in [3.8, 4) is 0 Å². The Bertz CT molecular complexity index is 87.7. The minimum absolute atomic E-state index is 0.845. The summed E-state index contributed by atoms with van der Waals surface area (Å²) in [5.41, 5.74) is 0. The van der Waals surface area contributed by atoms with Crippen LogP contribution >= 0.6 is 0 Å². The molecule has 2 nitrogen and oxygen atoms in total. The van der Waals surface area contributed by atoms with E-state index in [1.54, 1.807) is 0 Å². The van der Waals surface area contributed by atoms with Crippen molar-refractivity contribution in [2.24, 2.45) is 0 Å². The zero-order valence-electron chi connectivity index (χ0n) is 6.68. The third-order valence-corrected chi connectivity index (χ3v) is 2.62. The van der Waals surface area contributed by atoms with E-state index in [0.29, 0.717) is 0 Å². The van der Waals surface area contributed by atoms with Crippen LogP contribution in [-0.2, 0) is 30.9 Å². The molecule has 0 aliphatic heterocycles. The fraction of sp³-hybridized carbons (Fsp3) is 0.857. The van der Waals surface area contributed by atoms with Gasteiger partial charge in [0.15, 0.2) is 0 Å². The zero-order valence-corrected chi connectivity index (χ0v) is 12.2. The van der Waals surface area contributed by atoms with Crippen molar-refractivity contribution in [3.63, 3.8) is 0 Å². The Hall–Kier alpha value is 0.405. The molecule has 0 N–H and O–H groups in total. The number of nitrogens with zero attached hydrogens (tertiary/aromatic N) is 1. The number of amides is 1. The van der Waals surface area contributed by atoms with E-state index in [9.17, 15) is 4.79 Å². The SMILES string of the molecule is CCCCN(C=O)C[CH2][Hg]. The van der Waals surface area contributed by atoms with Crippen molar-refractivity contribution in [2.75, 3.05) is 13.1 Å². The molecule has 0 saturated heterocycles. The molecule has 0 aromatic carbocycles. The predicted molar refractivity (Wildman–Crippen MR) is 37.4 cm³/mol. The molecular weight excluding hydrogens is 315 g/mol. The van der Waals surface area contributed by atoms with Crippen molar-refractivity contribution in [3.05, 3.63) is 0 Å². The van der Waals surface area contributed by atoms with Gasteiger partial charge in [-0.3, -0.25) is 0 Å². The van der Waals surface area contributed by atoms with E-state index in [2.05, 4.69) is 6.92 Å². The van der Waals surface area contributed by atoms with Crippen molar-refractivity contribution in [1.29, 1.82) is 0 Å². The van der Waals surface area contributed by atoms with Crippen molar-refractivity contribution in [2.45, 2.75) is 23.7 Å². The minimum atomic E-state index is 0.845. The van der Waals surface area contributed by atoms with Crippen LogP contribution in [0.3, 0.4) is 0 Å². The second kappa shape index (κ2) is 7.51. The van der Waals surface area contributed by atoms with E-state index in [1.807, 2.05) is 4.90 Å².